The summed E-state index contributed by atoms with van der Waals surface area (Å²) in [5.74, 6) is -2.04. The fourth-order valence-corrected chi connectivity index (χ4v) is 4.02. The summed E-state index contributed by atoms with van der Waals surface area (Å²) in [6.07, 6.45) is 1.89. The number of hydrogen-bond donors (Lipinski definition) is 0. The normalized spacial score (nSPS) is 22.6. The molecule has 1 heterocycles. The Bertz CT molecular complexity index is 809. The van der Waals surface area contributed by atoms with Crippen molar-refractivity contribution in [2.45, 2.75) is 12.8 Å². The summed E-state index contributed by atoms with van der Waals surface area (Å²) in [5.41, 5.74) is 2.87. The van der Waals surface area contributed by atoms with Crippen LogP contribution in [-0.2, 0) is 23.8 Å². The van der Waals surface area contributed by atoms with E-state index in [1.165, 1.54) is 14.2 Å². The van der Waals surface area contributed by atoms with E-state index in [-0.39, 0.29) is 0 Å². The van der Waals surface area contributed by atoms with E-state index in [1.807, 2.05) is 25.1 Å². The molecule has 1 saturated heterocycles. The number of allylic oxidation sites excluding steroid dienone is 2. The SMILES string of the molecule is COC(=O)C1=C(C)C=C(N2CCOCC2)[C@H](C(=O)OC)[C@@H]1c1ccc(Cl)cc1. The van der Waals surface area contributed by atoms with Gasteiger partial charge in [0.15, 0.2) is 0 Å². The third kappa shape index (κ3) is 3.93. The van der Waals surface area contributed by atoms with Crippen molar-refractivity contribution in [2.75, 3.05) is 40.5 Å². The highest BCUT2D eigenvalue weighted by atomic mass is 35.5. The lowest BCUT2D eigenvalue weighted by Crippen LogP contribution is -2.43. The molecule has 150 valence electrons. The van der Waals surface area contributed by atoms with Gasteiger partial charge in [0, 0.05) is 35.3 Å². The Morgan fingerprint density at radius 1 is 1.11 bits per heavy atom. The molecule has 0 bridgehead atoms. The Balaban J connectivity index is 2.17. The van der Waals surface area contributed by atoms with Gasteiger partial charge in [-0.2, -0.15) is 0 Å². The van der Waals surface area contributed by atoms with Gasteiger partial charge < -0.3 is 19.1 Å². The molecule has 0 amide bonds. The molecule has 1 aromatic rings. The predicted molar refractivity (Wildman–Crippen MR) is 105 cm³/mol. The molecule has 1 aliphatic carbocycles. The summed E-state index contributed by atoms with van der Waals surface area (Å²) in [6, 6.07) is 7.17. The molecule has 0 spiro atoms. The number of methoxy groups -OCH3 is 2. The number of carbonyl (C=O) groups excluding carboxylic acids is 2. The van der Waals surface area contributed by atoms with Crippen molar-refractivity contribution in [2.24, 2.45) is 5.92 Å². The van der Waals surface area contributed by atoms with Crippen LogP contribution in [0.25, 0.3) is 0 Å². The predicted octanol–water partition coefficient (Wildman–Crippen LogP) is 2.93. The standard InChI is InChI=1S/C21H24ClNO5/c1-13-12-16(23-8-10-28-11-9-23)19(21(25)27-3)18(17(13)20(24)26-2)14-4-6-15(22)7-5-14/h4-7,12,18-19H,8-11H2,1-3H3/t18-,19+/m1/s1. The zero-order chi connectivity index (χ0) is 20.3. The van der Waals surface area contributed by atoms with Crippen molar-refractivity contribution in [1.82, 2.24) is 4.90 Å². The lowest BCUT2D eigenvalue weighted by molar-refractivity contribution is -0.145. The maximum atomic E-state index is 12.9. The maximum absolute atomic E-state index is 12.9. The van der Waals surface area contributed by atoms with Crippen LogP contribution in [0.4, 0.5) is 0 Å². The second kappa shape index (κ2) is 8.80. The molecule has 2 aliphatic rings. The highest BCUT2D eigenvalue weighted by molar-refractivity contribution is 6.30. The third-order valence-corrected chi connectivity index (χ3v) is 5.47. The van der Waals surface area contributed by atoms with E-state index < -0.39 is 23.8 Å². The number of morpholine rings is 1. The van der Waals surface area contributed by atoms with Crippen molar-refractivity contribution in [3.63, 3.8) is 0 Å². The van der Waals surface area contributed by atoms with Crippen LogP contribution >= 0.6 is 11.6 Å². The topological polar surface area (TPSA) is 65.1 Å². The average molecular weight is 406 g/mol. The molecule has 2 atom stereocenters. The highest BCUT2D eigenvalue weighted by Gasteiger charge is 2.44. The number of halogens is 1. The zero-order valence-corrected chi connectivity index (χ0v) is 17.0. The molecule has 1 fully saturated rings. The van der Waals surface area contributed by atoms with E-state index in [4.69, 9.17) is 25.8 Å². The van der Waals surface area contributed by atoms with Gasteiger partial charge in [-0.05, 0) is 36.3 Å². The van der Waals surface area contributed by atoms with Gasteiger partial charge in [0.25, 0.3) is 0 Å². The van der Waals surface area contributed by atoms with Crippen molar-refractivity contribution in [1.29, 1.82) is 0 Å². The van der Waals surface area contributed by atoms with Crippen LogP contribution in [0, 0.1) is 5.92 Å². The molecule has 0 radical (unpaired) electrons. The fraction of sp³-hybridized carbons (Fsp3) is 0.429. The van der Waals surface area contributed by atoms with Crippen LogP contribution < -0.4 is 0 Å². The average Bonchev–Trinajstić information content (AvgIpc) is 2.73. The second-order valence-corrected chi connectivity index (χ2v) is 7.22. The molecule has 0 saturated carbocycles. The zero-order valence-electron chi connectivity index (χ0n) is 16.2. The quantitative estimate of drug-likeness (QED) is 0.717. The summed E-state index contributed by atoms with van der Waals surface area (Å²) in [4.78, 5) is 27.7. The Labute approximate surface area is 169 Å². The number of rotatable bonds is 4. The van der Waals surface area contributed by atoms with Gasteiger partial charge in [0.2, 0.25) is 0 Å². The van der Waals surface area contributed by atoms with E-state index in [2.05, 4.69) is 4.90 Å². The van der Waals surface area contributed by atoms with Crippen LogP contribution in [-0.4, -0.2) is 57.4 Å². The molecule has 28 heavy (non-hydrogen) atoms. The highest BCUT2D eigenvalue weighted by Crippen LogP contribution is 2.44. The number of nitrogens with zero attached hydrogens (tertiary/aromatic N) is 1. The first kappa shape index (κ1) is 20.4. The van der Waals surface area contributed by atoms with Gasteiger partial charge in [-0.1, -0.05) is 23.7 Å². The minimum Gasteiger partial charge on any atom is -0.468 e. The van der Waals surface area contributed by atoms with Gasteiger partial charge in [-0.25, -0.2) is 4.79 Å². The summed E-state index contributed by atoms with van der Waals surface area (Å²) >= 11 is 6.05. The molecule has 1 aliphatic heterocycles. The number of ether oxygens (including phenoxy) is 3. The van der Waals surface area contributed by atoms with Gasteiger partial charge in [0.05, 0.1) is 27.4 Å². The van der Waals surface area contributed by atoms with Crippen LogP contribution in [0.1, 0.15) is 18.4 Å². The third-order valence-electron chi connectivity index (χ3n) is 5.22. The smallest absolute Gasteiger partial charge is 0.334 e. The number of esters is 2. The van der Waals surface area contributed by atoms with Crippen LogP contribution in [0.3, 0.4) is 0 Å². The number of benzene rings is 1. The van der Waals surface area contributed by atoms with E-state index in [9.17, 15) is 9.59 Å². The van der Waals surface area contributed by atoms with Crippen molar-refractivity contribution < 1.29 is 23.8 Å². The first-order valence-electron chi connectivity index (χ1n) is 9.14. The Hall–Kier alpha value is -2.31. The molecule has 6 nitrogen and oxygen atoms in total. The van der Waals surface area contributed by atoms with E-state index in [0.717, 1.165) is 16.8 Å². The molecule has 1 aromatic carbocycles. The minimum atomic E-state index is -0.665. The first-order chi connectivity index (χ1) is 13.5. The molecule has 0 aromatic heterocycles. The van der Waals surface area contributed by atoms with E-state index in [0.29, 0.717) is 36.9 Å². The summed E-state index contributed by atoms with van der Waals surface area (Å²) in [6.45, 7) is 4.39. The summed E-state index contributed by atoms with van der Waals surface area (Å²) in [5, 5.41) is 0.582. The van der Waals surface area contributed by atoms with Crippen LogP contribution in [0.15, 0.2) is 47.2 Å². The number of carbonyl (C=O) groups is 2. The Kier molecular flexibility index (Phi) is 6.42. The fourth-order valence-electron chi connectivity index (χ4n) is 3.89. The minimum absolute atomic E-state index is 0.397. The maximum Gasteiger partial charge on any atom is 0.334 e. The van der Waals surface area contributed by atoms with Gasteiger partial charge in [-0.3, -0.25) is 4.79 Å². The van der Waals surface area contributed by atoms with Gasteiger partial charge >= 0.3 is 11.9 Å². The Morgan fingerprint density at radius 3 is 2.32 bits per heavy atom. The molecule has 0 unspecified atom stereocenters. The van der Waals surface area contributed by atoms with Crippen molar-refractivity contribution >= 4 is 23.5 Å². The molecule has 0 N–H and O–H groups in total. The van der Waals surface area contributed by atoms with Crippen molar-refractivity contribution in [3.8, 4) is 0 Å². The molecular weight excluding hydrogens is 382 g/mol. The van der Waals surface area contributed by atoms with Gasteiger partial charge in [-0.15, -0.1) is 0 Å². The lowest BCUT2D eigenvalue weighted by Gasteiger charge is -2.40. The van der Waals surface area contributed by atoms with Gasteiger partial charge in [0.1, 0.15) is 5.92 Å². The monoisotopic (exact) mass is 405 g/mol. The van der Waals surface area contributed by atoms with Crippen LogP contribution in [0.2, 0.25) is 5.02 Å². The van der Waals surface area contributed by atoms with E-state index in [1.54, 1.807) is 12.1 Å². The molecule has 7 heteroatoms. The second-order valence-electron chi connectivity index (χ2n) is 6.79. The summed E-state index contributed by atoms with van der Waals surface area (Å²) in [7, 11) is 2.71. The summed E-state index contributed by atoms with van der Waals surface area (Å²) < 4.78 is 15.6. The first-order valence-corrected chi connectivity index (χ1v) is 9.52. The van der Waals surface area contributed by atoms with E-state index >= 15 is 0 Å². The number of hydrogen-bond acceptors (Lipinski definition) is 6. The van der Waals surface area contributed by atoms with Crippen molar-refractivity contribution in [3.05, 3.63) is 57.8 Å². The largest absolute Gasteiger partial charge is 0.468 e. The Morgan fingerprint density at radius 2 is 1.75 bits per heavy atom. The molecular formula is C21H24ClNO5. The molecule has 3 rings (SSSR count). The lowest BCUT2D eigenvalue weighted by atomic mass is 9.73. The van der Waals surface area contributed by atoms with Crippen LogP contribution in [0.5, 0.6) is 0 Å².